The molecule has 0 atom stereocenters. The first kappa shape index (κ1) is 21.3. The van der Waals surface area contributed by atoms with Crippen LogP contribution >= 0.6 is 24.0 Å². The second-order valence-corrected chi connectivity index (χ2v) is 7.37. The minimum atomic E-state index is -0.466. The SMILES string of the molecule is COC1(CN=C(N)N2CCN(C(=O)OC(C)(C)C)CC2)CCC1.I. The molecule has 7 nitrogen and oxygen atoms in total. The van der Waals surface area contributed by atoms with Crippen molar-refractivity contribution in [3.05, 3.63) is 0 Å². The zero-order chi connectivity index (χ0) is 17.1. The molecule has 0 radical (unpaired) electrons. The predicted molar refractivity (Wildman–Crippen MR) is 105 cm³/mol. The van der Waals surface area contributed by atoms with E-state index in [-0.39, 0.29) is 35.7 Å². The van der Waals surface area contributed by atoms with Crippen molar-refractivity contribution in [2.45, 2.75) is 51.2 Å². The van der Waals surface area contributed by atoms with Crippen molar-refractivity contribution in [3.8, 4) is 0 Å². The number of halogens is 1. The molecule has 1 aliphatic heterocycles. The monoisotopic (exact) mass is 454 g/mol. The Balaban J connectivity index is 0.00000288. The summed E-state index contributed by atoms with van der Waals surface area (Å²) in [5.74, 6) is 0.539. The third kappa shape index (κ3) is 5.65. The van der Waals surface area contributed by atoms with Crippen LogP contribution in [-0.4, -0.2) is 72.9 Å². The molecule has 24 heavy (non-hydrogen) atoms. The molecule has 0 aromatic rings. The molecular formula is C16H31IN4O3. The number of rotatable bonds is 3. The number of hydrogen-bond donors (Lipinski definition) is 1. The van der Waals surface area contributed by atoms with E-state index in [1.165, 1.54) is 6.42 Å². The lowest BCUT2D eigenvalue weighted by molar-refractivity contribution is -0.0631. The van der Waals surface area contributed by atoms with Gasteiger partial charge in [0.1, 0.15) is 5.60 Å². The highest BCUT2D eigenvalue weighted by Gasteiger charge is 2.37. The lowest BCUT2D eigenvalue weighted by Gasteiger charge is -2.40. The molecule has 0 bridgehead atoms. The Morgan fingerprint density at radius 3 is 2.12 bits per heavy atom. The third-order valence-corrected chi connectivity index (χ3v) is 4.48. The van der Waals surface area contributed by atoms with E-state index in [0.717, 1.165) is 12.8 Å². The van der Waals surface area contributed by atoms with Crippen LogP contribution in [0.3, 0.4) is 0 Å². The largest absolute Gasteiger partial charge is 0.444 e. The molecule has 140 valence electrons. The maximum Gasteiger partial charge on any atom is 0.410 e. The Bertz CT molecular complexity index is 447. The van der Waals surface area contributed by atoms with Gasteiger partial charge in [0.25, 0.3) is 0 Å². The second-order valence-electron chi connectivity index (χ2n) is 7.37. The molecule has 1 heterocycles. The molecule has 2 N–H and O–H groups in total. The van der Waals surface area contributed by atoms with Gasteiger partial charge in [-0.25, -0.2) is 4.79 Å². The molecule has 1 saturated heterocycles. The van der Waals surface area contributed by atoms with Gasteiger partial charge in [-0.1, -0.05) is 0 Å². The number of nitrogens with two attached hydrogens (primary N) is 1. The zero-order valence-electron chi connectivity index (χ0n) is 15.2. The smallest absolute Gasteiger partial charge is 0.410 e. The number of hydrogen-bond acceptors (Lipinski definition) is 4. The van der Waals surface area contributed by atoms with E-state index in [1.54, 1.807) is 12.0 Å². The van der Waals surface area contributed by atoms with Gasteiger partial charge in [-0.3, -0.25) is 4.99 Å². The van der Waals surface area contributed by atoms with E-state index in [4.69, 9.17) is 15.2 Å². The van der Waals surface area contributed by atoms with E-state index in [0.29, 0.717) is 38.7 Å². The first-order valence-electron chi connectivity index (χ1n) is 8.33. The Kier molecular flexibility index (Phi) is 7.58. The van der Waals surface area contributed by atoms with Gasteiger partial charge in [0.15, 0.2) is 5.96 Å². The number of ether oxygens (including phenoxy) is 2. The Labute approximate surface area is 161 Å². The Morgan fingerprint density at radius 1 is 1.17 bits per heavy atom. The van der Waals surface area contributed by atoms with Crippen LogP contribution in [0.2, 0.25) is 0 Å². The summed E-state index contributed by atoms with van der Waals surface area (Å²) in [5, 5.41) is 0. The fraction of sp³-hybridized carbons (Fsp3) is 0.875. The third-order valence-electron chi connectivity index (χ3n) is 4.48. The van der Waals surface area contributed by atoms with E-state index in [2.05, 4.69) is 4.99 Å². The summed E-state index contributed by atoms with van der Waals surface area (Å²) in [6.07, 6.45) is 3.03. The number of nitrogens with zero attached hydrogens (tertiary/aromatic N) is 3. The number of guanidine groups is 1. The second kappa shape index (κ2) is 8.55. The number of carbonyl (C=O) groups excluding carboxylic acids is 1. The van der Waals surface area contributed by atoms with Crippen LogP contribution in [0.15, 0.2) is 4.99 Å². The molecule has 1 saturated carbocycles. The molecule has 2 fully saturated rings. The van der Waals surface area contributed by atoms with E-state index in [9.17, 15) is 4.79 Å². The van der Waals surface area contributed by atoms with Gasteiger partial charge in [0.05, 0.1) is 12.1 Å². The number of carbonyl (C=O) groups is 1. The molecule has 8 heteroatoms. The Hall–Kier alpha value is -0.770. The highest BCUT2D eigenvalue weighted by molar-refractivity contribution is 14.0. The minimum absolute atomic E-state index is 0. The van der Waals surface area contributed by atoms with E-state index < -0.39 is 5.60 Å². The normalized spacial score (nSPS) is 20.9. The molecule has 1 aliphatic carbocycles. The number of methoxy groups -OCH3 is 1. The minimum Gasteiger partial charge on any atom is -0.444 e. The molecular weight excluding hydrogens is 423 g/mol. The topological polar surface area (TPSA) is 80.4 Å². The summed E-state index contributed by atoms with van der Waals surface area (Å²) in [6.45, 7) is 8.78. The average molecular weight is 454 g/mol. The van der Waals surface area contributed by atoms with Gasteiger partial charge in [-0.15, -0.1) is 24.0 Å². The highest BCUT2D eigenvalue weighted by Crippen LogP contribution is 2.35. The molecule has 1 amide bonds. The van der Waals surface area contributed by atoms with Crippen molar-refractivity contribution >= 4 is 36.0 Å². The molecule has 2 rings (SSSR count). The fourth-order valence-corrected chi connectivity index (χ4v) is 2.77. The number of aliphatic imine (C=N–C) groups is 1. The summed E-state index contributed by atoms with van der Waals surface area (Å²) < 4.78 is 10.9. The number of piperazine rings is 1. The first-order chi connectivity index (χ1) is 10.7. The summed E-state index contributed by atoms with van der Waals surface area (Å²) in [4.78, 5) is 20.3. The summed E-state index contributed by atoms with van der Waals surface area (Å²) >= 11 is 0. The predicted octanol–water partition coefficient (Wildman–Crippen LogP) is 2.04. The van der Waals surface area contributed by atoms with Gasteiger partial charge in [0.2, 0.25) is 0 Å². The van der Waals surface area contributed by atoms with Gasteiger partial charge < -0.3 is 25.0 Å². The quantitative estimate of drug-likeness (QED) is 0.401. The lowest BCUT2D eigenvalue weighted by Crippen LogP contribution is -2.54. The maximum atomic E-state index is 12.0. The lowest BCUT2D eigenvalue weighted by atomic mass is 9.80. The van der Waals surface area contributed by atoms with Crippen molar-refractivity contribution in [1.29, 1.82) is 0 Å². The Morgan fingerprint density at radius 2 is 1.71 bits per heavy atom. The molecule has 0 unspecified atom stereocenters. The standard InChI is InChI=1S/C16H30N4O3.HI/c1-15(2,3)23-14(21)20-10-8-19(9-11-20)13(17)18-12-16(22-4)6-5-7-16;/h5-12H2,1-4H3,(H2,17,18);1H. The zero-order valence-corrected chi connectivity index (χ0v) is 17.5. The van der Waals surface area contributed by atoms with Crippen LogP contribution in [0.25, 0.3) is 0 Å². The highest BCUT2D eigenvalue weighted by atomic mass is 127. The van der Waals surface area contributed by atoms with Gasteiger partial charge >= 0.3 is 6.09 Å². The van der Waals surface area contributed by atoms with Crippen molar-refractivity contribution in [3.63, 3.8) is 0 Å². The van der Waals surface area contributed by atoms with Crippen LogP contribution in [0.5, 0.6) is 0 Å². The van der Waals surface area contributed by atoms with Gasteiger partial charge in [-0.2, -0.15) is 0 Å². The average Bonchev–Trinajstić information content (AvgIpc) is 2.45. The van der Waals surface area contributed by atoms with E-state index >= 15 is 0 Å². The molecule has 0 aromatic carbocycles. The van der Waals surface area contributed by atoms with Crippen molar-refractivity contribution in [1.82, 2.24) is 9.80 Å². The maximum absolute atomic E-state index is 12.0. The summed E-state index contributed by atoms with van der Waals surface area (Å²) in [7, 11) is 1.74. The van der Waals surface area contributed by atoms with Crippen molar-refractivity contribution < 1.29 is 14.3 Å². The van der Waals surface area contributed by atoms with Gasteiger partial charge in [0, 0.05) is 33.3 Å². The molecule has 0 spiro atoms. The summed E-state index contributed by atoms with van der Waals surface area (Å²) in [6, 6.07) is 0. The van der Waals surface area contributed by atoms with Gasteiger partial charge in [-0.05, 0) is 40.0 Å². The van der Waals surface area contributed by atoms with Crippen molar-refractivity contribution in [2.75, 3.05) is 39.8 Å². The van der Waals surface area contributed by atoms with Crippen LogP contribution in [0.1, 0.15) is 40.0 Å². The number of amides is 1. The van der Waals surface area contributed by atoms with E-state index in [1.807, 2.05) is 25.7 Å². The molecule has 0 aromatic heterocycles. The van der Waals surface area contributed by atoms with Crippen LogP contribution in [0, 0.1) is 0 Å². The first-order valence-corrected chi connectivity index (χ1v) is 8.33. The van der Waals surface area contributed by atoms with Crippen LogP contribution in [-0.2, 0) is 9.47 Å². The molecule has 2 aliphatic rings. The van der Waals surface area contributed by atoms with Crippen LogP contribution in [0.4, 0.5) is 4.79 Å². The van der Waals surface area contributed by atoms with Crippen LogP contribution < -0.4 is 5.73 Å². The fourth-order valence-electron chi connectivity index (χ4n) is 2.77. The van der Waals surface area contributed by atoms with Crippen molar-refractivity contribution in [2.24, 2.45) is 10.7 Å². The summed E-state index contributed by atoms with van der Waals surface area (Å²) in [5.41, 5.74) is 5.52.